The van der Waals surface area contributed by atoms with Crippen molar-refractivity contribution in [2.75, 3.05) is 6.61 Å². The summed E-state index contributed by atoms with van der Waals surface area (Å²) >= 11 is 0. The number of benzene rings is 2. The van der Waals surface area contributed by atoms with E-state index in [2.05, 4.69) is 28.8 Å². The first-order valence-corrected chi connectivity index (χ1v) is 11.0. The van der Waals surface area contributed by atoms with Gasteiger partial charge in [-0.25, -0.2) is 4.79 Å². The Morgan fingerprint density at radius 1 is 1.12 bits per heavy atom. The molecule has 1 atom stereocenters. The first kappa shape index (κ1) is 23.1. The minimum atomic E-state index is -0.414. The molecule has 0 fully saturated rings. The molecule has 0 saturated heterocycles. The van der Waals surface area contributed by atoms with Crippen LogP contribution in [-0.2, 0) is 28.9 Å². The second-order valence-corrected chi connectivity index (χ2v) is 7.90. The summed E-state index contributed by atoms with van der Waals surface area (Å²) in [5.74, 6) is -0.772. The summed E-state index contributed by atoms with van der Waals surface area (Å²) in [4.78, 5) is 24.3. The summed E-state index contributed by atoms with van der Waals surface area (Å²) < 4.78 is 4.97. The Balaban J connectivity index is 1.56. The van der Waals surface area contributed by atoms with Gasteiger partial charge in [-0.15, -0.1) is 0 Å². The van der Waals surface area contributed by atoms with Crippen molar-refractivity contribution in [2.45, 2.75) is 52.1 Å². The summed E-state index contributed by atoms with van der Waals surface area (Å²) in [6.07, 6.45) is 6.06. The molecule has 0 aliphatic heterocycles. The van der Waals surface area contributed by atoms with Gasteiger partial charge in [0.2, 0.25) is 0 Å². The van der Waals surface area contributed by atoms with Crippen molar-refractivity contribution in [3.63, 3.8) is 0 Å². The summed E-state index contributed by atoms with van der Waals surface area (Å²) in [6, 6.07) is 15.1. The highest BCUT2D eigenvalue weighted by Gasteiger charge is 2.16. The lowest BCUT2D eigenvalue weighted by atomic mass is 9.89. The van der Waals surface area contributed by atoms with E-state index in [9.17, 15) is 14.9 Å². The number of ether oxygens (including phenoxy) is 1. The van der Waals surface area contributed by atoms with Crippen LogP contribution in [-0.4, -0.2) is 18.5 Å². The van der Waals surface area contributed by atoms with E-state index in [1.807, 2.05) is 13.0 Å². The van der Waals surface area contributed by atoms with Gasteiger partial charge in [0.15, 0.2) is 0 Å². The zero-order valence-corrected chi connectivity index (χ0v) is 18.6. The van der Waals surface area contributed by atoms with Crippen molar-refractivity contribution in [1.29, 1.82) is 5.26 Å². The van der Waals surface area contributed by atoms with Crippen LogP contribution in [0.5, 0.6) is 0 Å². The largest absolute Gasteiger partial charge is 0.462 e. The summed E-state index contributed by atoms with van der Waals surface area (Å²) in [6.45, 7) is 4.44. The molecule has 0 bridgehead atoms. The number of fused-ring (bicyclic) bond motifs is 1. The summed E-state index contributed by atoms with van der Waals surface area (Å²) in [7, 11) is 0. The van der Waals surface area contributed by atoms with E-state index in [0.717, 1.165) is 24.0 Å². The Kier molecular flexibility index (Phi) is 8.04. The number of nitrogens with zero attached hydrogens (tertiary/aromatic N) is 1. The molecule has 3 rings (SSSR count). The molecule has 1 aliphatic rings. The normalized spacial score (nSPS) is 14.0. The van der Waals surface area contributed by atoms with Gasteiger partial charge in [-0.2, -0.15) is 5.26 Å². The van der Waals surface area contributed by atoms with Crippen molar-refractivity contribution in [1.82, 2.24) is 10.6 Å². The van der Waals surface area contributed by atoms with Crippen molar-refractivity contribution in [2.24, 2.45) is 0 Å². The molecule has 1 aliphatic carbocycles. The topological polar surface area (TPSA) is 91.2 Å². The first-order chi connectivity index (χ1) is 15.5. The second kappa shape index (κ2) is 11.1. The molecular weight excluding hydrogens is 402 g/mol. The van der Waals surface area contributed by atoms with Crippen LogP contribution in [0.3, 0.4) is 0 Å². The van der Waals surface area contributed by atoms with E-state index < -0.39 is 5.91 Å². The van der Waals surface area contributed by atoms with Crippen molar-refractivity contribution in [3.05, 3.63) is 82.1 Å². The highest BCUT2D eigenvalue weighted by Crippen LogP contribution is 2.24. The van der Waals surface area contributed by atoms with E-state index in [1.54, 1.807) is 31.2 Å². The molecule has 0 radical (unpaired) electrons. The fourth-order valence-corrected chi connectivity index (χ4v) is 3.77. The Morgan fingerprint density at radius 2 is 1.84 bits per heavy atom. The highest BCUT2D eigenvalue weighted by atomic mass is 16.5. The van der Waals surface area contributed by atoms with E-state index in [0.29, 0.717) is 18.7 Å². The summed E-state index contributed by atoms with van der Waals surface area (Å²) in [5, 5.41) is 15.3. The molecule has 2 aromatic rings. The monoisotopic (exact) mass is 431 g/mol. The number of amides is 1. The fraction of sp³-hybridized carbons (Fsp3) is 0.346. The third-order valence-corrected chi connectivity index (χ3v) is 5.60. The van der Waals surface area contributed by atoms with Gasteiger partial charge in [0.25, 0.3) is 5.91 Å². The summed E-state index contributed by atoms with van der Waals surface area (Å²) in [5.41, 5.74) is 5.22. The first-order valence-electron chi connectivity index (χ1n) is 11.0. The van der Waals surface area contributed by atoms with Gasteiger partial charge in [-0.3, -0.25) is 4.79 Å². The van der Waals surface area contributed by atoms with Gasteiger partial charge < -0.3 is 15.4 Å². The predicted molar refractivity (Wildman–Crippen MR) is 123 cm³/mol. The number of rotatable bonds is 8. The Hall–Kier alpha value is -3.59. The zero-order valence-electron chi connectivity index (χ0n) is 18.6. The maximum Gasteiger partial charge on any atom is 0.338 e. The molecule has 32 heavy (non-hydrogen) atoms. The molecule has 0 heterocycles. The van der Waals surface area contributed by atoms with Crippen LogP contribution in [0, 0.1) is 11.3 Å². The lowest BCUT2D eigenvalue weighted by Gasteiger charge is -2.20. The lowest BCUT2D eigenvalue weighted by molar-refractivity contribution is -0.117. The lowest BCUT2D eigenvalue weighted by Crippen LogP contribution is -2.28. The number of carbonyl (C=O) groups is 2. The molecular formula is C26H29N3O3. The number of nitriles is 1. The number of hydrogen-bond acceptors (Lipinski definition) is 5. The van der Waals surface area contributed by atoms with Gasteiger partial charge >= 0.3 is 5.97 Å². The third kappa shape index (κ3) is 5.98. The number of esters is 1. The van der Waals surface area contributed by atoms with Gasteiger partial charge in [0, 0.05) is 12.7 Å². The van der Waals surface area contributed by atoms with Crippen LogP contribution < -0.4 is 10.6 Å². The minimum absolute atomic E-state index is 0.0120. The van der Waals surface area contributed by atoms with Crippen LogP contribution in [0.1, 0.15) is 65.3 Å². The number of nitrogens with one attached hydrogen (secondary N) is 2. The van der Waals surface area contributed by atoms with Gasteiger partial charge in [-0.05, 0) is 73.9 Å². The second-order valence-electron chi connectivity index (χ2n) is 7.90. The molecule has 2 aromatic carbocycles. The average molecular weight is 432 g/mol. The molecule has 166 valence electrons. The number of aryl methyl sites for hydroxylation is 2. The molecule has 2 N–H and O–H groups in total. The predicted octanol–water partition coefficient (Wildman–Crippen LogP) is 4.12. The zero-order chi connectivity index (χ0) is 22.9. The molecule has 0 spiro atoms. The quantitative estimate of drug-likeness (QED) is 0.373. The van der Waals surface area contributed by atoms with Gasteiger partial charge in [-0.1, -0.05) is 30.3 Å². The van der Waals surface area contributed by atoms with E-state index in [1.165, 1.54) is 30.2 Å². The average Bonchev–Trinajstić information content (AvgIpc) is 2.82. The van der Waals surface area contributed by atoms with Crippen molar-refractivity contribution < 1.29 is 14.3 Å². The van der Waals surface area contributed by atoms with Crippen LogP contribution >= 0.6 is 0 Å². The SMILES string of the molecule is CCOC(=O)c1ccc(CN/C=C(/C#N)C(=O)NC(C)c2ccc3c(c2)CCCC3)cc1. The van der Waals surface area contributed by atoms with Crippen molar-refractivity contribution in [3.8, 4) is 6.07 Å². The molecule has 0 saturated carbocycles. The Labute approximate surface area is 189 Å². The Morgan fingerprint density at radius 3 is 2.53 bits per heavy atom. The van der Waals surface area contributed by atoms with Crippen LogP contribution in [0.4, 0.5) is 0 Å². The number of carbonyl (C=O) groups excluding carboxylic acids is 2. The third-order valence-electron chi connectivity index (χ3n) is 5.60. The molecule has 0 aromatic heterocycles. The Bertz CT molecular complexity index is 1040. The van der Waals surface area contributed by atoms with Crippen molar-refractivity contribution >= 4 is 11.9 Å². The molecule has 6 nitrogen and oxygen atoms in total. The molecule has 6 heteroatoms. The van der Waals surface area contributed by atoms with Crippen LogP contribution in [0.15, 0.2) is 54.2 Å². The standard InChI is InChI=1S/C26H29N3O3/c1-3-32-26(31)21-10-8-19(9-11-21)16-28-17-24(15-27)25(30)29-18(2)22-13-12-20-6-4-5-7-23(20)14-22/h8-14,17-18,28H,3-7,16H2,1-2H3,(H,29,30)/b24-17-. The molecule has 1 amide bonds. The fourth-order valence-electron chi connectivity index (χ4n) is 3.77. The maximum atomic E-state index is 12.6. The van der Waals surface area contributed by atoms with Gasteiger partial charge in [0.1, 0.15) is 11.6 Å². The van der Waals surface area contributed by atoms with E-state index in [-0.39, 0.29) is 17.6 Å². The smallest absolute Gasteiger partial charge is 0.338 e. The molecule has 1 unspecified atom stereocenters. The highest BCUT2D eigenvalue weighted by molar-refractivity contribution is 5.97. The van der Waals surface area contributed by atoms with Crippen LogP contribution in [0.25, 0.3) is 0 Å². The van der Waals surface area contributed by atoms with Gasteiger partial charge in [0.05, 0.1) is 18.2 Å². The van der Waals surface area contributed by atoms with Crippen LogP contribution in [0.2, 0.25) is 0 Å². The van der Waals surface area contributed by atoms with E-state index >= 15 is 0 Å². The van der Waals surface area contributed by atoms with E-state index in [4.69, 9.17) is 4.74 Å². The minimum Gasteiger partial charge on any atom is -0.462 e. The maximum absolute atomic E-state index is 12.6. The number of hydrogen-bond donors (Lipinski definition) is 2.